The van der Waals surface area contributed by atoms with Crippen LogP contribution < -0.4 is 14.2 Å². The van der Waals surface area contributed by atoms with Crippen LogP contribution in [-0.4, -0.2) is 20.2 Å². The van der Waals surface area contributed by atoms with Gasteiger partial charge in [0.25, 0.3) is 0 Å². The molecule has 21 heavy (non-hydrogen) atoms. The summed E-state index contributed by atoms with van der Waals surface area (Å²) in [5.74, 6) is 0.984. The van der Waals surface area contributed by atoms with Crippen LogP contribution in [0.4, 0.5) is 0 Å². The number of benzene rings is 1. The lowest BCUT2D eigenvalue weighted by molar-refractivity contribution is 0.174. The number of sulfonamides is 1. The van der Waals surface area contributed by atoms with Crippen molar-refractivity contribution in [3.05, 3.63) is 34.8 Å². The number of thiazole rings is 1. The first-order chi connectivity index (χ1) is 9.88. The second-order valence-corrected chi connectivity index (χ2v) is 7.66. The van der Waals surface area contributed by atoms with E-state index in [4.69, 9.17) is 9.47 Å². The molecule has 0 saturated heterocycles. The molecule has 0 radical (unpaired) electrons. The minimum Gasteiger partial charge on any atom is -0.454 e. The third kappa shape index (κ3) is 2.74. The molecule has 1 aromatic carbocycles. The van der Waals surface area contributed by atoms with Crippen LogP contribution in [0.5, 0.6) is 11.5 Å². The zero-order valence-corrected chi connectivity index (χ0v) is 13.1. The molecule has 1 aliphatic heterocycles. The Hall–Kier alpha value is -1.64. The highest BCUT2D eigenvalue weighted by molar-refractivity contribution is 7.89. The largest absolute Gasteiger partial charge is 0.454 e. The molecule has 0 amide bonds. The number of hydrogen-bond acceptors (Lipinski definition) is 6. The van der Waals surface area contributed by atoms with E-state index in [2.05, 4.69) is 9.71 Å². The lowest BCUT2D eigenvalue weighted by Gasteiger charge is -2.23. The average molecular weight is 326 g/mol. The van der Waals surface area contributed by atoms with E-state index in [-0.39, 0.29) is 11.7 Å². The summed E-state index contributed by atoms with van der Waals surface area (Å²) < 4.78 is 38.1. The summed E-state index contributed by atoms with van der Waals surface area (Å²) in [6.45, 7) is 3.66. The second kappa shape index (κ2) is 4.97. The molecule has 1 N–H and O–H groups in total. The van der Waals surface area contributed by atoms with Gasteiger partial charge < -0.3 is 9.47 Å². The smallest absolute Gasteiger partial charge is 0.241 e. The van der Waals surface area contributed by atoms with Crippen molar-refractivity contribution in [1.29, 1.82) is 0 Å². The van der Waals surface area contributed by atoms with Crippen LogP contribution in [0.15, 0.2) is 34.7 Å². The zero-order chi connectivity index (χ0) is 15.1. The number of hydrogen-bond donors (Lipinski definition) is 1. The fourth-order valence-corrected chi connectivity index (χ4v) is 4.19. The first-order valence-corrected chi connectivity index (χ1v) is 8.58. The number of nitrogens with zero attached hydrogens (tertiary/aromatic N) is 1. The SMILES string of the molecule is CC(C)(NS(=O)(=O)c1ccc2c(c1)OCO2)c1nccs1. The Balaban J connectivity index is 1.91. The van der Waals surface area contributed by atoms with Gasteiger partial charge in [-0.25, -0.2) is 13.4 Å². The van der Waals surface area contributed by atoms with Gasteiger partial charge in [0, 0.05) is 17.6 Å². The summed E-state index contributed by atoms with van der Waals surface area (Å²) in [7, 11) is -3.68. The molecule has 112 valence electrons. The zero-order valence-electron chi connectivity index (χ0n) is 11.5. The topological polar surface area (TPSA) is 77.5 Å². The van der Waals surface area contributed by atoms with Crippen LogP contribution in [-0.2, 0) is 15.6 Å². The molecule has 1 aliphatic rings. The fraction of sp³-hybridized carbons (Fsp3) is 0.308. The molecule has 0 unspecified atom stereocenters. The van der Waals surface area contributed by atoms with Crippen LogP contribution in [0.2, 0.25) is 0 Å². The molecule has 0 bridgehead atoms. The van der Waals surface area contributed by atoms with E-state index in [1.54, 1.807) is 26.1 Å². The Morgan fingerprint density at radius 2 is 2.05 bits per heavy atom. The van der Waals surface area contributed by atoms with E-state index in [0.29, 0.717) is 16.5 Å². The molecule has 0 atom stereocenters. The summed E-state index contributed by atoms with van der Waals surface area (Å²) in [6, 6.07) is 4.55. The molecule has 1 aromatic heterocycles. The summed E-state index contributed by atoms with van der Waals surface area (Å²) in [6.07, 6.45) is 1.65. The average Bonchev–Trinajstić information content (AvgIpc) is 3.08. The standard InChI is InChI=1S/C13H14N2O4S2/c1-13(2,12-14-5-6-20-12)15-21(16,17)9-3-4-10-11(7-9)19-8-18-10/h3-7,15H,8H2,1-2H3. The number of nitrogens with one attached hydrogen (secondary N) is 1. The molecule has 3 rings (SSSR count). The highest BCUT2D eigenvalue weighted by atomic mass is 32.2. The number of fused-ring (bicyclic) bond motifs is 1. The highest BCUT2D eigenvalue weighted by Gasteiger charge is 2.31. The van der Waals surface area contributed by atoms with Gasteiger partial charge >= 0.3 is 0 Å². The molecule has 6 nitrogen and oxygen atoms in total. The monoisotopic (exact) mass is 326 g/mol. The van der Waals surface area contributed by atoms with E-state index in [1.807, 2.05) is 5.38 Å². The van der Waals surface area contributed by atoms with Gasteiger partial charge in [-0.15, -0.1) is 11.3 Å². The minimum atomic E-state index is -3.68. The van der Waals surface area contributed by atoms with Crippen molar-refractivity contribution in [2.45, 2.75) is 24.3 Å². The Bertz CT molecular complexity index is 754. The number of rotatable bonds is 4. The highest BCUT2D eigenvalue weighted by Crippen LogP contribution is 2.34. The molecule has 0 spiro atoms. The maximum atomic E-state index is 12.5. The Kier molecular flexibility index (Phi) is 3.39. The van der Waals surface area contributed by atoms with E-state index in [0.717, 1.165) is 0 Å². The van der Waals surface area contributed by atoms with Gasteiger partial charge in [-0.05, 0) is 26.0 Å². The Morgan fingerprint density at radius 3 is 2.76 bits per heavy atom. The van der Waals surface area contributed by atoms with Crippen LogP contribution in [0.3, 0.4) is 0 Å². The normalized spacial score (nSPS) is 14.4. The van der Waals surface area contributed by atoms with Crippen molar-refractivity contribution < 1.29 is 17.9 Å². The first-order valence-electron chi connectivity index (χ1n) is 6.22. The van der Waals surface area contributed by atoms with Crippen molar-refractivity contribution in [2.24, 2.45) is 0 Å². The van der Waals surface area contributed by atoms with Crippen LogP contribution in [0.1, 0.15) is 18.9 Å². The van der Waals surface area contributed by atoms with Gasteiger partial charge in [0.1, 0.15) is 5.01 Å². The van der Waals surface area contributed by atoms with Crippen LogP contribution in [0.25, 0.3) is 0 Å². The fourth-order valence-electron chi connectivity index (χ4n) is 2.01. The van der Waals surface area contributed by atoms with Crippen LogP contribution >= 0.6 is 11.3 Å². The van der Waals surface area contributed by atoms with E-state index in [9.17, 15) is 8.42 Å². The quantitative estimate of drug-likeness (QED) is 0.931. The molecule has 0 saturated carbocycles. The van der Waals surface area contributed by atoms with Gasteiger partial charge in [-0.2, -0.15) is 4.72 Å². The maximum Gasteiger partial charge on any atom is 0.241 e. The first kappa shape index (κ1) is 14.3. The van der Waals surface area contributed by atoms with Gasteiger partial charge in [0.15, 0.2) is 11.5 Å². The summed E-state index contributed by atoms with van der Waals surface area (Å²) in [5.41, 5.74) is -0.788. The summed E-state index contributed by atoms with van der Waals surface area (Å²) in [4.78, 5) is 4.31. The van der Waals surface area contributed by atoms with Gasteiger partial charge in [-0.3, -0.25) is 0 Å². The number of aromatic nitrogens is 1. The molecule has 8 heteroatoms. The Morgan fingerprint density at radius 1 is 1.29 bits per heavy atom. The Labute approximate surface area is 126 Å². The van der Waals surface area contributed by atoms with E-state index >= 15 is 0 Å². The second-order valence-electron chi connectivity index (χ2n) is 5.08. The maximum absolute atomic E-state index is 12.5. The van der Waals surface area contributed by atoms with Crippen molar-refractivity contribution in [3.8, 4) is 11.5 Å². The molecular formula is C13H14N2O4S2. The van der Waals surface area contributed by atoms with Crippen molar-refractivity contribution in [1.82, 2.24) is 9.71 Å². The molecular weight excluding hydrogens is 312 g/mol. The van der Waals surface area contributed by atoms with Crippen molar-refractivity contribution >= 4 is 21.4 Å². The lowest BCUT2D eigenvalue weighted by atomic mass is 10.1. The van der Waals surface area contributed by atoms with Gasteiger partial charge in [0.05, 0.1) is 10.4 Å². The predicted molar refractivity (Wildman–Crippen MR) is 78.0 cm³/mol. The van der Waals surface area contributed by atoms with E-state index in [1.165, 1.54) is 23.5 Å². The molecule has 2 heterocycles. The molecule has 0 fully saturated rings. The van der Waals surface area contributed by atoms with Crippen molar-refractivity contribution in [3.63, 3.8) is 0 Å². The molecule has 0 aliphatic carbocycles. The van der Waals surface area contributed by atoms with E-state index < -0.39 is 15.6 Å². The lowest BCUT2D eigenvalue weighted by Crippen LogP contribution is -2.40. The predicted octanol–water partition coefficient (Wildman–Crippen LogP) is 2.09. The van der Waals surface area contributed by atoms with Crippen molar-refractivity contribution in [2.75, 3.05) is 6.79 Å². The summed E-state index contributed by atoms with van der Waals surface area (Å²) >= 11 is 1.40. The third-order valence-electron chi connectivity index (χ3n) is 3.01. The third-order valence-corrected chi connectivity index (χ3v) is 5.76. The van der Waals surface area contributed by atoms with Crippen LogP contribution in [0, 0.1) is 0 Å². The minimum absolute atomic E-state index is 0.108. The molecule has 2 aromatic rings. The van der Waals surface area contributed by atoms with Gasteiger partial charge in [0.2, 0.25) is 16.8 Å². The summed E-state index contributed by atoms with van der Waals surface area (Å²) in [5, 5.41) is 2.51. The van der Waals surface area contributed by atoms with Gasteiger partial charge in [-0.1, -0.05) is 0 Å². The number of ether oxygens (including phenoxy) is 2.